The van der Waals surface area contributed by atoms with Crippen molar-refractivity contribution in [3.63, 3.8) is 0 Å². The van der Waals surface area contributed by atoms with Gasteiger partial charge in [0.15, 0.2) is 6.10 Å². The summed E-state index contributed by atoms with van der Waals surface area (Å²) in [7, 11) is 0. The molecule has 3 N–H and O–H groups in total. The number of hydrogen-bond acceptors (Lipinski definition) is 5. The van der Waals surface area contributed by atoms with Gasteiger partial charge < -0.3 is 15.8 Å². The molecule has 4 aromatic rings. The van der Waals surface area contributed by atoms with E-state index in [0.29, 0.717) is 33.4 Å². The Morgan fingerprint density at radius 2 is 1.58 bits per heavy atom. The molecule has 7 heteroatoms. The van der Waals surface area contributed by atoms with Gasteiger partial charge in [-0.3, -0.25) is 9.59 Å². The van der Waals surface area contributed by atoms with Crippen LogP contribution in [0.25, 0.3) is 22.2 Å². The number of anilines is 1. The lowest BCUT2D eigenvalue weighted by molar-refractivity contribution is -0.123. The van der Waals surface area contributed by atoms with Gasteiger partial charge in [0.1, 0.15) is 0 Å². The van der Waals surface area contributed by atoms with E-state index in [1.54, 1.807) is 24.3 Å². The SMILES string of the molecule is C[C@@H](OC(=O)c1cc(-c2ccccc2)nc2ccccc12)C(=O)Nc1ccc(C(N)=O)cc1. The summed E-state index contributed by atoms with van der Waals surface area (Å²) in [6.45, 7) is 1.49. The van der Waals surface area contributed by atoms with E-state index in [1.165, 1.54) is 19.1 Å². The number of aromatic nitrogens is 1. The van der Waals surface area contributed by atoms with Crippen molar-refractivity contribution < 1.29 is 19.1 Å². The summed E-state index contributed by atoms with van der Waals surface area (Å²) in [6.07, 6.45) is -1.06. The summed E-state index contributed by atoms with van der Waals surface area (Å²) in [5.74, 6) is -1.69. The normalized spacial score (nSPS) is 11.5. The van der Waals surface area contributed by atoms with Crippen LogP contribution in [0, 0.1) is 0 Å². The number of pyridine rings is 1. The number of benzene rings is 3. The third-order valence-electron chi connectivity index (χ3n) is 5.10. The number of para-hydroxylation sites is 1. The van der Waals surface area contributed by atoms with E-state index in [-0.39, 0.29) is 0 Å². The average Bonchev–Trinajstić information content (AvgIpc) is 2.84. The number of hydrogen-bond donors (Lipinski definition) is 2. The first kappa shape index (κ1) is 21.7. The molecule has 0 unspecified atom stereocenters. The summed E-state index contributed by atoms with van der Waals surface area (Å²) in [6, 6.07) is 24.6. The van der Waals surface area contributed by atoms with Crippen molar-refractivity contribution in [1.82, 2.24) is 4.98 Å². The number of carbonyl (C=O) groups is 3. The van der Waals surface area contributed by atoms with E-state index < -0.39 is 23.9 Å². The molecule has 33 heavy (non-hydrogen) atoms. The third kappa shape index (κ3) is 4.88. The summed E-state index contributed by atoms with van der Waals surface area (Å²) in [4.78, 5) is 41.4. The molecule has 0 spiro atoms. The molecule has 0 aliphatic carbocycles. The zero-order valence-corrected chi connectivity index (χ0v) is 17.8. The van der Waals surface area contributed by atoms with E-state index in [4.69, 9.17) is 10.5 Å². The molecule has 4 rings (SSSR count). The Hall–Kier alpha value is -4.52. The number of nitrogens with zero attached hydrogens (tertiary/aromatic N) is 1. The third-order valence-corrected chi connectivity index (χ3v) is 5.10. The molecule has 0 bridgehead atoms. The van der Waals surface area contributed by atoms with Crippen LogP contribution in [0.2, 0.25) is 0 Å². The van der Waals surface area contributed by atoms with E-state index in [0.717, 1.165) is 5.56 Å². The molecule has 2 amide bonds. The molecule has 0 aliphatic heterocycles. The summed E-state index contributed by atoms with van der Waals surface area (Å²) in [5.41, 5.74) is 8.47. The smallest absolute Gasteiger partial charge is 0.339 e. The number of fused-ring (bicyclic) bond motifs is 1. The van der Waals surface area contributed by atoms with Gasteiger partial charge in [0, 0.05) is 22.2 Å². The first-order chi connectivity index (χ1) is 15.9. The van der Waals surface area contributed by atoms with Gasteiger partial charge in [-0.05, 0) is 43.3 Å². The Bertz CT molecular complexity index is 1340. The Kier molecular flexibility index (Phi) is 6.13. The maximum absolute atomic E-state index is 13.0. The zero-order chi connectivity index (χ0) is 23.4. The largest absolute Gasteiger partial charge is 0.449 e. The van der Waals surface area contributed by atoms with Crippen LogP contribution in [0.5, 0.6) is 0 Å². The fourth-order valence-electron chi connectivity index (χ4n) is 3.34. The number of esters is 1. The molecule has 1 aromatic heterocycles. The molecule has 3 aromatic carbocycles. The Morgan fingerprint density at radius 3 is 2.27 bits per heavy atom. The molecule has 7 nitrogen and oxygen atoms in total. The minimum atomic E-state index is -1.06. The van der Waals surface area contributed by atoms with Crippen LogP contribution in [0.1, 0.15) is 27.6 Å². The number of ether oxygens (including phenoxy) is 1. The zero-order valence-electron chi connectivity index (χ0n) is 17.8. The molecule has 0 radical (unpaired) electrons. The van der Waals surface area contributed by atoms with Crippen LogP contribution < -0.4 is 11.1 Å². The molecular formula is C26H21N3O4. The highest BCUT2D eigenvalue weighted by molar-refractivity contribution is 6.06. The number of nitrogens with two attached hydrogens (primary N) is 1. The molecule has 0 saturated heterocycles. The van der Waals surface area contributed by atoms with Crippen molar-refractivity contribution in [2.45, 2.75) is 13.0 Å². The van der Waals surface area contributed by atoms with Crippen molar-refractivity contribution in [2.75, 3.05) is 5.32 Å². The molecule has 0 saturated carbocycles. The van der Waals surface area contributed by atoms with Gasteiger partial charge in [-0.25, -0.2) is 9.78 Å². The highest BCUT2D eigenvalue weighted by Gasteiger charge is 2.22. The maximum atomic E-state index is 13.0. The number of carbonyl (C=O) groups excluding carboxylic acids is 3. The van der Waals surface area contributed by atoms with Crippen LogP contribution in [0.15, 0.2) is 84.9 Å². The summed E-state index contributed by atoms with van der Waals surface area (Å²) < 4.78 is 5.48. The number of amides is 2. The van der Waals surface area contributed by atoms with E-state index in [2.05, 4.69) is 10.3 Å². The van der Waals surface area contributed by atoms with Gasteiger partial charge in [-0.1, -0.05) is 48.5 Å². The Labute approximate surface area is 190 Å². The standard InChI is InChI=1S/C26H21N3O4/c1-16(25(31)28-19-13-11-18(12-14-19)24(27)30)33-26(32)21-15-23(17-7-3-2-4-8-17)29-22-10-6-5-9-20(21)22/h2-16H,1H3,(H2,27,30)(H,28,31)/t16-/m1/s1. The fraction of sp³-hybridized carbons (Fsp3) is 0.0769. The van der Waals surface area contributed by atoms with Crippen LogP contribution in [0.3, 0.4) is 0 Å². The summed E-state index contributed by atoms with van der Waals surface area (Å²) in [5, 5.41) is 3.29. The lowest BCUT2D eigenvalue weighted by atomic mass is 10.0. The highest BCUT2D eigenvalue weighted by Crippen LogP contribution is 2.25. The Balaban J connectivity index is 1.55. The molecule has 164 valence electrons. The maximum Gasteiger partial charge on any atom is 0.339 e. The topological polar surface area (TPSA) is 111 Å². The second-order valence-corrected chi connectivity index (χ2v) is 7.42. The van der Waals surface area contributed by atoms with E-state index in [1.807, 2.05) is 48.5 Å². The van der Waals surface area contributed by atoms with Crippen molar-refractivity contribution in [1.29, 1.82) is 0 Å². The van der Waals surface area contributed by atoms with Crippen LogP contribution in [-0.2, 0) is 9.53 Å². The molecule has 1 heterocycles. The van der Waals surface area contributed by atoms with Gasteiger partial charge in [-0.2, -0.15) is 0 Å². The van der Waals surface area contributed by atoms with Crippen LogP contribution in [0.4, 0.5) is 5.69 Å². The number of primary amides is 1. The first-order valence-corrected chi connectivity index (χ1v) is 10.3. The van der Waals surface area contributed by atoms with Crippen molar-refractivity contribution >= 4 is 34.4 Å². The predicted molar refractivity (Wildman–Crippen MR) is 126 cm³/mol. The van der Waals surface area contributed by atoms with Gasteiger partial charge in [-0.15, -0.1) is 0 Å². The lowest BCUT2D eigenvalue weighted by Gasteiger charge is -2.15. The number of rotatable bonds is 6. The van der Waals surface area contributed by atoms with Gasteiger partial charge in [0.25, 0.3) is 5.91 Å². The van der Waals surface area contributed by atoms with Crippen molar-refractivity contribution in [3.8, 4) is 11.3 Å². The monoisotopic (exact) mass is 439 g/mol. The van der Waals surface area contributed by atoms with Gasteiger partial charge in [0.05, 0.1) is 16.8 Å². The first-order valence-electron chi connectivity index (χ1n) is 10.3. The molecular weight excluding hydrogens is 418 g/mol. The Morgan fingerprint density at radius 1 is 0.909 bits per heavy atom. The minimum absolute atomic E-state index is 0.324. The van der Waals surface area contributed by atoms with Crippen molar-refractivity contribution in [2.24, 2.45) is 5.73 Å². The molecule has 0 aliphatic rings. The van der Waals surface area contributed by atoms with Crippen LogP contribution in [-0.4, -0.2) is 28.9 Å². The predicted octanol–water partition coefficient (Wildman–Crippen LogP) is 4.18. The molecule has 0 fully saturated rings. The highest BCUT2D eigenvalue weighted by atomic mass is 16.5. The summed E-state index contributed by atoms with van der Waals surface area (Å²) >= 11 is 0. The van der Waals surface area contributed by atoms with Crippen molar-refractivity contribution in [3.05, 3.63) is 96.1 Å². The van der Waals surface area contributed by atoms with E-state index in [9.17, 15) is 14.4 Å². The number of nitrogens with one attached hydrogen (secondary N) is 1. The quantitative estimate of drug-likeness (QED) is 0.438. The molecule has 1 atom stereocenters. The second kappa shape index (κ2) is 9.32. The van der Waals surface area contributed by atoms with E-state index >= 15 is 0 Å². The second-order valence-electron chi connectivity index (χ2n) is 7.42. The van der Waals surface area contributed by atoms with Gasteiger partial charge >= 0.3 is 5.97 Å². The average molecular weight is 439 g/mol. The van der Waals surface area contributed by atoms with Gasteiger partial charge in [0.2, 0.25) is 5.91 Å². The van der Waals surface area contributed by atoms with Crippen LogP contribution >= 0.6 is 0 Å². The minimum Gasteiger partial charge on any atom is -0.449 e. The lowest BCUT2D eigenvalue weighted by Crippen LogP contribution is -2.30. The fourth-order valence-corrected chi connectivity index (χ4v) is 3.34.